The van der Waals surface area contributed by atoms with E-state index in [0.29, 0.717) is 0 Å². The van der Waals surface area contributed by atoms with Gasteiger partial charge in [0.1, 0.15) is 6.02 Å². The molecule has 5 N–H and O–H groups in total. The van der Waals surface area contributed by atoms with Crippen LogP contribution in [0, 0.1) is 0 Å². The molecule has 0 bridgehead atoms. The van der Waals surface area contributed by atoms with Crippen LogP contribution in [-0.4, -0.2) is 22.9 Å². The summed E-state index contributed by atoms with van der Waals surface area (Å²) in [5.41, 5.74) is 10.7. The first kappa shape index (κ1) is 9.62. The number of rotatable bonds is 4. The minimum atomic E-state index is -2.43. The van der Waals surface area contributed by atoms with E-state index in [4.69, 9.17) is 30.9 Å². The molecule has 0 fully saturated rings. The SMILES string of the molecule is [2H]c1cc(C(=O)CC([2H])(N)C(=O)O)c(N)cc1Cl. The number of carboxylic acid groups (broad SMARTS) is 1. The van der Waals surface area contributed by atoms with Crippen LogP contribution in [0.5, 0.6) is 0 Å². The summed E-state index contributed by atoms with van der Waals surface area (Å²) in [5, 5.41) is 8.73. The smallest absolute Gasteiger partial charge is 0.320 e. The molecule has 16 heavy (non-hydrogen) atoms. The zero-order valence-electron chi connectivity index (χ0n) is 10.2. The second-order valence-corrected chi connectivity index (χ2v) is 3.49. The Balaban J connectivity index is 3.06. The summed E-state index contributed by atoms with van der Waals surface area (Å²) in [6, 6.07) is -0.194. The molecule has 0 aliphatic rings. The molecule has 0 saturated carbocycles. The molecule has 0 heterocycles. The first-order valence-electron chi connectivity index (χ1n) is 5.26. The van der Waals surface area contributed by atoms with Gasteiger partial charge in [0.15, 0.2) is 5.78 Å². The number of nitrogen functional groups attached to an aromatic ring is 1. The molecule has 0 saturated heterocycles. The zero-order chi connectivity index (χ0) is 14.1. The molecule has 0 radical (unpaired) electrons. The summed E-state index contributed by atoms with van der Waals surface area (Å²) in [6.07, 6.45) is -0.742. The van der Waals surface area contributed by atoms with Crippen LogP contribution in [-0.2, 0) is 4.79 Å². The first-order valence-corrected chi connectivity index (χ1v) is 4.64. The monoisotopic (exact) mass is 244 g/mol. The molecular weight excluding hydrogens is 232 g/mol. The standard InChI is InChI=1S/C10H11ClN2O3/c11-5-1-2-6(7(12)3-5)9(14)4-8(13)10(15)16/h1-3,8H,4,12-13H2,(H,15,16)/i1D,8D. The Morgan fingerprint density at radius 3 is 2.88 bits per heavy atom. The van der Waals surface area contributed by atoms with Crippen LogP contribution in [0.3, 0.4) is 0 Å². The lowest BCUT2D eigenvalue weighted by Crippen LogP contribution is -2.32. The number of benzene rings is 1. The fraction of sp³-hybridized carbons (Fsp3) is 0.200. The number of hydrogen-bond acceptors (Lipinski definition) is 4. The van der Waals surface area contributed by atoms with Crippen molar-refractivity contribution in [2.24, 2.45) is 5.73 Å². The van der Waals surface area contributed by atoms with Crippen LogP contribution >= 0.6 is 11.6 Å². The molecule has 1 aromatic rings. The van der Waals surface area contributed by atoms with Gasteiger partial charge in [-0.3, -0.25) is 9.59 Å². The lowest BCUT2D eigenvalue weighted by molar-refractivity contribution is -0.138. The number of nitrogens with two attached hydrogens (primary N) is 2. The van der Waals surface area contributed by atoms with Crippen molar-refractivity contribution < 1.29 is 17.4 Å². The highest BCUT2D eigenvalue weighted by Gasteiger charge is 2.18. The quantitative estimate of drug-likeness (QED) is 0.539. The highest BCUT2D eigenvalue weighted by atomic mass is 35.5. The van der Waals surface area contributed by atoms with Crippen LogP contribution in [0.25, 0.3) is 0 Å². The van der Waals surface area contributed by atoms with E-state index in [0.717, 1.165) is 6.07 Å². The summed E-state index contributed by atoms with van der Waals surface area (Å²) in [6.45, 7) is 0. The Bertz CT molecular complexity index is 520. The molecule has 0 aliphatic heterocycles. The Labute approximate surface area is 99.8 Å². The van der Waals surface area contributed by atoms with Crippen molar-refractivity contribution in [3.63, 3.8) is 0 Å². The van der Waals surface area contributed by atoms with E-state index in [2.05, 4.69) is 0 Å². The predicted molar refractivity (Wildman–Crippen MR) is 60.4 cm³/mol. The third-order valence-corrected chi connectivity index (χ3v) is 2.09. The van der Waals surface area contributed by atoms with Crippen molar-refractivity contribution in [2.45, 2.75) is 12.4 Å². The Morgan fingerprint density at radius 1 is 1.69 bits per heavy atom. The van der Waals surface area contributed by atoms with Crippen LogP contribution in [0.2, 0.25) is 5.02 Å². The fourth-order valence-corrected chi connectivity index (χ4v) is 1.24. The predicted octanol–water partition coefficient (Wildman–Crippen LogP) is 0.907. The Morgan fingerprint density at radius 2 is 2.31 bits per heavy atom. The average Bonchev–Trinajstić information content (AvgIpc) is 2.22. The zero-order valence-corrected chi connectivity index (χ0v) is 8.91. The van der Waals surface area contributed by atoms with Gasteiger partial charge in [0.05, 0.1) is 2.74 Å². The van der Waals surface area contributed by atoms with Gasteiger partial charge in [0.2, 0.25) is 0 Å². The summed E-state index contributed by atoms with van der Waals surface area (Å²) < 4.78 is 14.7. The van der Waals surface area contributed by atoms with E-state index < -0.39 is 24.2 Å². The van der Waals surface area contributed by atoms with E-state index >= 15 is 0 Å². The lowest BCUT2D eigenvalue weighted by Gasteiger charge is -2.07. The third kappa shape index (κ3) is 2.95. The van der Waals surface area contributed by atoms with E-state index in [1.54, 1.807) is 0 Å². The van der Waals surface area contributed by atoms with Gasteiger partial charge < -0.3 is 16.6 Å². The van der Waals surface area contributed by atoms with Gasteiger partial charge in [0, 0.05) is 22.7 Å². The molecule has 1 aromatic carbocycles. The number of carbonyl (C=O) groups is 2. The number of halogens is 1. The van der Waals surface area contributed by atoms with Gasteiger partial charge in [-0.05, 0) is 18.2 Å². The maximum Gasteiger partial charge on any atom is 0.320 e. The minimum Gasteiger partial charge on any atom is -0.480 e. The molecule has 0 spiro atoms. The number of hydrogen-bond donors (Lipinski definition) is 3. The molecule has 6 heteroatoms. The number of carbonyl (C=O) groups excluding carboxylic acids is 1. The lowest BCUT2D eigenvalue weighted by atomic mass is 10.0. The largest absolute Gasteiger partial charge is 0.480 e. The number of Topliss-reactive ketones (excluding diaryl/α,β-unsaturated/α-hetero) is 1. The molecule has 5 nitrogen and oxygen atoms in total. The number of aliphatic carboxylic acids is 1. The summed E-state index contributed by atoms with van der Waals surface area (Å²) in [4.78, 5) is 22.4. The number of carboxylic acids is 1. The van der Waals surface area contributed by atoms with Gasteiger partial charge in [-0.15, -0.1) is 0 Å². The van der Waals surface area contributed by atoms with E-state index in [9.17, 15) is 9.59 Å². The third-order valence-electron chi connectivity index (χ3n) is 1.87. The van der Waals surface area contributed by atoms with Crippen LogP contribution in [0.15, 0.2) is 18.2 Å². The summed E-state index contributed by atoms with van der Waals surface area (Å²) in [7, 11) is 0. The molecule has 86 valence electrons. The van der Waals surface area contributed by atoms with Gasteiger partial charge in [-0.25, -0.2) is 0 Å². The maximum absolute atomic E-state index is 11.8. The van der Waals surface area contributed by atoms with E-state index in [1.807, 2.05) is 0 Å². The van der Waals surface area contributed by atoms with Crippen molar-refractivity contribution in [1.29, 1.82) is 0 Å². The molecule has 1 atom stereocenters. The van der Waals surface area contributed by atoms with Crippen LogP contribution in [0.1, 0.15) is 19.5 Å². The highest BCUT2D eigenvalue weighted by molar-refractivity contribution is 6.31. The summed E-state index contributed by atoms with van der Waals surface area (Å²) >= 11 is 5.64. The second kappa shape index (κ2) is 4.96. The summed E-state index contributed by atoms with van der Waals surface area (Å²) in [5.74, 6) is -2.34. The molecule has 0 aliphatic carbocycles. The maximum atomic E-state index is 11.8. The molecular formula is C10H11ClN2O3. The topological polar surface area (TPSA) is 106 Å². The first-order chi connectivity index (χ1) is 8.15. The van der Waals surface area contributed by atoms with Gasteiger partial charge in [-0.1, -0.05) is 11.6 Å². The number of ketones is 1. The van der Waals surface area contributed by atoms with Gasteiger partial charge in [0.25, 0.3) is 0 Å². The Hall–Kier alpha value is -1.59. The normalized spacial score (nSPS) is 15.9. The number of anilines is 1. The average molecular weight is 245 g/mol. The van der Waals surface area contributed by atoms with Gasteiger partial charge in [-0.2, -0.15) is 0 Å². The minimum absolute atomic E-state index is 0.0159. The van der Waals surface area contributed by atoms with Crippen molar-refractivity contribution >= 4 is 29.0 Å². The van der Waals surface area contributed by atoms with Crippen LogP contribution in [0.4, 0.5) is 5.69 Å². The van der Waals surface area contributed by atoms with Crippen molar-refractivity contribution in [1.82, 2.24) is 0 Å². The second-order valence-electron chi connectivity index (χ2n) is 3.08. The van der Waals surface area contributed by atoms with Crippen molar-refractivity contribution in [3.05, 3.63) is 28.8 Å². The van der Waals surface area contributed by atoms with Crippen molar-refractivity contribution in [2.75, 3.05) is 5.73 Å². The van der Waals surface area contributed by atoms with E-state index in [1.165, 1.54) is 6.07 Å². The highest BCUT2D eigenvalue weighted by Crippen LogP contribution is 2.19. The molecule has 1 rings (SSSR count). The molecule has 0 amide bonds. The molecule has 1 unspecified atom stereocenters. The van der Waals surface area contributed by atoms with Crippen molar-refractivity contribution in [3.8, 4) is 0 Å². The fourth-order valence-electron chi connectivity index (χ4n) is 1.07. The van der Waals surface area contributed by atoms with Crippen LogP contribution < -0.4 is 11.5 Å². The van der Waals surface area contributed by atoms with E-state index in [-0.39, 0.29) is 22.3 Å². The Kier molecular flexibility index (Phi) is 2.98. The molecule has 0 aromatic heterocycles. The van der Waals surface area contributed by atoms with Gasteiger partial charge >= 0.3 is 5.97 Å².